The number of ether oxygens (including phenoxy) is 3. The molecule has 1 heterocycles. The molecule has 0 saturated carbocycles. The van der Waals surface area contributed by atoms with Gasteiger partial charge in [-0.3, -0.25) is 10.1 Å². The molecule has 0 bridgehead atoms. The Hall–Kier alpha value is -3.20. The molecular weight excluding hydrogens is 416 g/mol. The number of hydrogen-bond donors (Lipinski definition) is 2. The second-order valence-corrected chi connectivity index (χ2v) is 6.99. The Kier molecular flexibility index (Phi) is 8.54. The van der Waals surface area contributed by atoms with Crippen molar-refractivity contribution in [3.05, 3.63) is 46.9 Å². The summed E-state index contributed by atoms with van der Waals surface area (Å²) in [6.07, 6.45) is 1.46. The topological polar surface area (TPSA) is 116 Å². The molecule has 10 heteroatoms. The van der Waals surface area contributed by atoms with Gasteiger partial charge in [0.25, 0.3) is 5.91 Å². The molecule has 0 unspecified atom stereocenters. The first-order valence-electron chi connectivity index (χ1n) is 9.07. The lowest BCUT2D eigenvalue weighted by Crippen LogP contribution is -2.41. The lowest BCUT2D eigenvalue weighted by molar-refractivity contribution is -0.123. The third kappa shape index (κ3) is 7.00. The van der Waals surface area contributed by atoms with E-state index in [0.29, 0.717) is 18.1 Å². The summed E-state index contributed by atoms with van der Waals surface area (Å²) in [7, 11) is 1.41. The van der Waals surface area contributed by atoms with Crippen LogP contribution in [0.5, 0.6) is 11.5 Å². The summed E-state index contributed by atoms with van der Waals surface area (Å²) >= 11 is 6.20. The molecule has 0 aliphatic rings. The molecule has 0 saturated heterocycles. The van der Waals surface area contributed by atoms with Gasteiger partial charge in [0.05, 0.1) is 37.1 Å². The van der Waals surface area contributed by atoms with Gasteiger partial charge in [-0.2, -0.15) is 0 Å². The first-order valence-corrected chi connectivity index (χ1v) is 9.45. The van der Waals surface area contributed by atoms with Crippen molar-refractivity contribution in [2.45, 2.75) is 20.4 Å². The van der Waals surface area contributed by atoms with E-state index >= 15 is 0 Å². The quantitative estimate of drug-likeness (QED) is 0.577. The highest BCUT2D eigenvalue weighted by Crippen LogP contribution is 2.36. The number of carbonyl (C=O) groups excluding carboxylic acids is 3. The molecular formula is C20H23ClN2O7. The average Bonchev–Trinajstić information content (AvgIpc) is 3.22. The Morgan fingerprint density at radius 2 is 2.00 bits per heavy atom. The minimum Gasteiger partial charge on any atom is -0.493 e. The van der Waals surface area contributed by atoms with Gasteiger partial charge in [-0.15, -0.1) is 0 Å². The van der Waals surface area contributed by atoms with Gasteiger partial charge in [0.1, 0.15) is 5.76 Å². The van der Waals surface area contributed by atoms with Crippen molar-refractivity contribution in [1.82, 2.24) is 10.6 Å². The molecule has 30 heavy (non-hydrogen) atoms. The number of urea groups is 1. The number of methoxy groups -OCH3 is 1. The van der Waals surface area contributed by atoms with Crippen LogP contribution in [0.15, 0.2) is 34.9 Å². The summed E-state index contributed by atoms with van der Waals surface area (Å²) in [4.78, 5) is 35.7. The fraction of sp³-hybridized carbons (Fsp3) is 0.350. The highest BCUT2D eigenvalue weighted by atomic mass is 35.5. The lowest BCUT2D eigenvalue weighted by Gasteiger charge is -2.15. The van der Waals surface area contributed by atoms with Crippen molar-refractivity contribution in [3.63, 3.8) is 0 Å². The number of rotatable bonds is 9. The summed E-state index contributed by atoms with van der Waals surface area (Å²) < 4.78 is 20.8. The monoisotopic (exact) mass is 438 g/mol. The van der Waals surface area contributed by atoms with E-state index in [0.717, 1.165) is 0 Å². The highest BCUT2D eigenvalue weighted by molar-refractivity contribution is 6.32. The van der Waals surface area contributed by atoms with E-state index in [1.165, 1.54) is 25.5 Å². The maximum Gasteiger partial charge on any atom is 0.338 e. The third-order valence-electron chi connectivity index (χ3n) is 3.62. The van der Waals surface area contributed by atoms with Crippen LogP contribution in [0.4, 0.5) is 4.79 Å². The van der Waals surface area contributed by atoms with E-state index in [-0.39, 0.29) is 28.8 Å². The Morgan fingerprint density at radius 1 is 1.23 bits per heavy atom. The molecule has 0 radical (unpaired) electrons. The number of imide groups is 1. The second-order valence-electron chi connectivity index (χ2n) is 6.58. The summed E-state index contributed by atoms with van der Waals surface area (Å²) in [5, 5.41) is 4.64. The maximum atomic E-state index is 12.2. The van der Waals surface area contributed by atoms with Crippen molar-refractivity contribution >= 4 is 29.5 Å². The minimum atomic E-state index is -0.809. The SMILES string of the molecule is COc1cc(C(=O)OCC(=O)NC(=O)NCc2ccco2)cc(Cl)c1OCC(C)C. The van der Waals surface area contributed by atoms with Crippen LogP contribution < -0.4 is 20.1 Å². The summed E-state index contributed by atoms with van der Waals surface area (Å²) in [5.74, 6) is -0.236. The van der Waals surface area contributed by atoms with Crippen molar-refractivity contribution in [1.29, 1.82) is 0 Å². The van der Waals surface area contributed by atoms with Crippen LogP contribution in [0.25, 0.3) is 0 Å². The van der Waals surface area contributed by atoms with E-state index in [2.05, 4.69) is 5.32 Å². The first-order chi connectivity index (χ1) is 14.3. The molecule has 0 fully saturated rings. The van der Waals surface area contributed by atoms with E-state index in [9.17, 15) is 14.4 Å². The summed E-state index contributed by atoms with van der Waals surface area (Å²) in [5.41, 5.74) is 0.0730. The molecule has 9 nitrogen and oxygen atoms in total. The van der Waals surface area contributed by atoms with Crippen LogP contribution in [-0.4, -0.2) is 38.2 Å². The normalized spacial score (nSPS) is 10.4. The van der Waals surface area contributed by atoms with E-state index in [4.69, 9.17) is 30.2 Å². The number of esters is 1. The highest BCUT2D eigenvalue weighted by Gasteiger charge is 2.18. The zero-order valence-corrected chi connectivity index (χ0v) is 17.6. The zero-order chi connectivity index (χ0) is 22.1. The molecule has 0 aliphatic carbocycles. The van der Waals surface area contributed by atoms with E-state index < -0.39 is 24.5 Å². The zero-order valence-electron chi connectivity index (χ0n) is 16.8. The van der Waals surface area contributed by atoms with Crippen LogP contribution in [0, 0.1) is 5.92 Å². The standard InChI is InChI=1S/C20H23ClN2O7/c1-12(2)10-29-18-15(21)7-13(8-16(18)27-3)19(25)30-11-17(24)23-20(26)22-9-14-5-4-6-28-14/h4-8,12H,9-11H2,1-3H3,(H2,22,23,24,26). The van der Waals surface area contributed by atoms with Crippen LogP contribution in [0.1, 0.15) is 30.0 Å². The molecule has 0 atom stereocenters. The van der Waals surface area contributed by atoms with Crippen LogP contribution >= 0.6 is 11.6 Å². The van der Waals surface area contributed by atoms with Crippen LogP contribution in [0.3, 0.4) is 0 Å². The molecule has 0 aliphatic heterocycles. The maximum absolute atomic E-state index is 12.2. The molecule has 1 aromatic heterocycles. The summed E-state index contributed by atoms with van der Waals surface area (Å²) in [6.45, 7) is 3.83. The van der Waals surface area contributed by atoms with Gasteiger partial charge < -0.3 is 23.9 Å². The van der Waals surface area contributed by atoms with E-state index in [1.807, 2.05) is 19.2 Å². The largest absolute Gasteiger partial charge is 0.493 e. The van der Waals surface area contributed by atoms with Crippen LogP contribution in [-0.2, 0) is 16.1 Å². The van der Waals surface area contributed by atoms with Gasteiger partial charge in [0.15, 0.2) is 18.1 Å². The fourth-order valence-electron chi connectivity index (χ4n) is 2.23. The van der Waals surface area contributed by atoms with Gasteiger partial charge in [-0.25, -0.2) is 9.59 Å². The Balaban J connectivity index is 1.88. The molecule has 162 valence electrons. The molecule has 1 aromatic carbocycles. The molecule has 2 aromatic rings. The Morgan fingerprint density at radius 3 is 2.63 bits per heavy atom. The predicted molar refractivity (Wildman–Crippen MR) is 108 cm³/mol. The van der Waals surface area contributed by atoms with Crippen molar-refractivity contribution < 1.29 is 33.0 Å². The predicted octanol–water partition coefficient (Wildman–Crippen LogP) is 3.16. The van der Waals surface area contributed by atoms with E-state index in [1.54, 1.807) is 12.1 Å². The Bertz CT molecular complexity index is 882. The number of amides is 3. The van der Waals surface area contributed by atoms with Gasteiger partial charge in [0.2, 0.25) is 0 Å². The average molecular weight is 439 g/mol. The summed E-state index contributed by atoms with van der Waals surface area (Å²) in [6, 6.07) is 5.35. The number of halogens is 1. The van der Waals surface area contributed by atoms with Crippen molar-refractivity contribution in [2.24, 2.45) is 5.92 Å². The van der Waals surface area contributed by atoms with Crippen LogP contribution in [0.2, 0.25) is 5.02 Å². The second kappa shape index (κ2) is 11.1. The molecule has 3 amide bonds. The first kappa shape index (κ1) is 23.1. The number of carbonyl (C=O) groups is 3. The Labute approximate surface area is 178 Å². The molecule has 2 rings (SSSR count). The molecule has 0 spiro atoms. The number of furan rings is 1. The number of benzene rings is 1. The minimum absolute atomic E-state index is 0.0730. The number of hydrogen-bond acceptors (Lipinski definition) is 7. The third-order valence-corrected chi connectivity index (χ3v) is 3.90. The lowest BCUT2D eigenvalue weighted by atomic mass is 10.2. The van der Waals surface area contributed by atoms with Gasteiger partial charge >= 0.3 is 12.0 Å². The van der Waals surface area contributed by atoms with Gasteiger partial charge in [-0.05, 0) is 30.2 Å². The van der Waals surface area contributed by atoms with Gasteiger partial charge in [0, 0.05) is 0 Å². The fourth-order valence-corrected chi connectivity index (χ4v) is 2.49. The van der Waals surface area contributed by atoms with Gasteiger partial charge in [-0.1, -0.05) is 25.4 Å². The van der Waals surface area contributed by atoms with Crippen molar-refractivity contribution in [3.8, 4) is 11.5 Å². The number of nitrogens with one attached hydrogen (secondary N) is 2. The van der Waals surface area contributed by atoms with Crippen molar-refractivity contribution in [2.75, 3.05) is 20.3 Å². The molecule has 2 N–H and O–H groups in total. The smallest absolute Gasteiger partial charge is 0.338 e.